The number of nitrogens with one attached hydrogen (secondary N) is 2. The van der Waals surface area contributed by atoms with Crippen LogP contribution in [0.4, 0.5) is 0 Å². The first-order valence-corrected chi connectivity index (χ1v) is 8.44. The van der Waals surface area contributed by atoms with Crippen LogP contribution >= 0.6 is 0 Å². The maximum absolute atomic E-state index is 12.5. The molecule has 6 nitrogen and oxygen atoms in total. The topological polar surface area (TPSA) is 79.3 Å². The molecule has 0 saturated carbocycles. The Balaban J connectivity index is 1.87. The average molecular weight is 338 g/mol. The number of H-pyrrole nitrogens is 1. The number of aryl methyl sites for hydroxylation is 2. The summed E-state index contributed by atoms with van der Waals surface area (Å²) in [6, 6.07) is 7.98. The molecule has 0 atom stereocenters. The molecule has 0 aliphatic carbocycles. The summed E-state index contributed by atoms with van der Waals surface area (Å²) < 4.78 is 1.35. The molecular weight excluding hydrogens is 316 g/mol. The summed E-state index contributed by atoms with van der Waals surface area (Å²) in [5.74, 6) is -0.256. The van der Waals surface area contributed by atoms with Gasteiger partial charge in [-0.15, -0.1) is 0 Å². The molecule has 0 aliphatic rings. The van der Waals surface area contributed by atoms with Gasteiger partial charge in [-0.05, 0) is 25.8 Å². The molecule has 2 N–H and O–H groups in total. The van der Waals surface area contributed by atoms with E-state index in [9.17, 15) is 9.59 Å². The minimum Gasteiger partial charge on any atom is -0.348 e. The van der Waals surface area contributed by atoms with Gasteiger partial charge in [0, 0.05) is 24.0 Å². The molecule has 3 aromatic rings. The number of carbonyl (C=O) groups excluding carboxylic acids is 1. The zero-order valence-corrected chi connectivity index (χ0v) is 14.7. The Hall–Kier alpha value is -2.89. The first-order chi connectivity index (χ1) is 12.0. The van der Waals surface area contributed by atoms with Gasteiger partial charge in [0.2, 0.25) is 0 Å². The van der Waals surface area contributed by atoms with Gasteiger partial charge in [-0.25, -0.2) is 9.50 Å². The molecule has 3 rings (SSSR count). The van der Waals surface area contributed by atoms with Crippen LogP contribution in [0.5, 0.6) is 0 Å². The molecule has 0 unspecified atom stereocenters. The van der Waals surface area contributed by atoms with E-state index in [1.807, 2.05) is 45.0 Å². The Labute approximate surface area is 145 Å². The quantitative estimate of drug-likeness (QED) is 0.750. The Morgan fingerprint density at radius 2 is 1.96 bits per heavy atom. The van der Waals surface area contributed by atoms with Crippen molar-refractivity contribution in [2.45, 2.75) is 40.2 Å². The Morgan fingerprint density at radius 3 is 2.64 bits per heavy atom. The van der Waals surface area contributed by atoms with Crippen LogP contribution in [0.2, 0.25) is 0 Å². The van der Waals surface area contributed by atoms with Crippen LogP contribution in [0.25, 0.3) is 5.65 Å². The summed E-state index contributed by atoms with van der Waals surface area (Å²) in [5, 5.41) is 5.73. The largest absolute Gasteiger partial charge is 0.348 e. The minimum absolute atomic E-state index is 0.137. The van der Waals surface area contributed by atoms with Gasteiger partial charge < -0.3 is 5.32 Å². The highest BCUT2D eigenvalue weighted by molar-refractivity contribution is 5.99. The molecule has 0 radical (unpaired) electrons. The number of rotatable bonds is 5. The Kier molecular flexibility index (Phi) is 4.70. The third-order valence-corrected chi connectivity index (χ3v) is 4.28. The molecule has 6 heteroatoms. The molecular formula is C19H22N4O2. The van der Waals surface area contributed by atoms with Crippen LogP contribution in [0.15, 0.2) is 35.3 Å². The lowest BCUT2D eigenvalue weighted by Crippen LogP contribution is -2.25. The van der Waals surface area contributed by atoms with E-state index in [2.05, 4.69) is 15.4 Å². The second-order valence-electron chi connectivity index (χ2n) is 6.25. The van der Waals surface area contributed by atoms with Crippen LogP contribution in [0.3, 0.4) is 0 Å². The smallest absolute Gasteiger partial charge is 0.276 e. The monoisotopic (exact) mass is 338 g/mol. The van der Waals surface area contributed by atoms with Crippen LogP contribution in [0, 0.1) is 13.8 Å². The molecule has 0 fully saturated rings. The predicted molar refractivity (Wildman–Crippen MR) is 96.9 cm³/mol. The van der Waals surface area contributed by atoms with Crippen molar-refractivity contribution in [3.05, 3.63) is 68.8 Å². The lowest BCUT2D eigenvalue weighted by atomic mass is 10.1. The first kappa shape index (κ1) is 17.0. The molecule has 2 heterocycles. The van der Waals surface area contributed by atoms with Crippen molar-refractivity contribution < 1.29 is 4.79 Å². The van der Waals surface area contributed by atoms with Crippen LogP contribution in [-0.2, 0) is 13.0 Å². The third-order valence-electron chi connectivity index (χ3n) is 4.28. The number of aromatic amines is 1. The zero-order chi connectivity index (χ0) is 18.0. The number of amides is 1. The number of carbonyl (C=O) groups is 1. The van der Waals surface area contributed by atoms with Crippen molar-refractivity contribution in [3.63, 3.8) is 0 Å². The van der Waals surface area contributed by atoms with Crippen molar-refractivity contribution in [1.29, 1.82) is 0 Å². The summed E-state index contributed by atoms with van der Waals surface area (Å²) >= 11 is 0. The van der Waals surface area contributed by atoms with Gasteiger partial charge in [0.1, 0.15) is 5.56 Å². The van der Waals surface area contributed by atoms with E-state index < -0.39 is 0 Å². The number of nitrogens with zero attached hydrogens (tertiary/aromatic N) is 2. The van der Waals surface area contributed by atoms with E-state index in [-0.39, 0.29) is 11.5 Å². The zero-order valence-electron chi connectivity index (χ0n) is 14.7. The number of hydrogen-bond acceptors (Lipinski definition) is 3. The summed E-state index contributed by atoms with van der Waals surface area (Å²) in [6.07, 6.45) is 3.08. The van der Waals surface area contributed by atoms with Gasteiger partial charge in [0.15, 0.2) is 5.65 Å². The summed E-state index contributed by atoms with van der Waals surface area (Å²) in [6.45, 7) is 6.28. The molecule has 25 heavy (non-hydrogen) atoms. The maximum atomic E-state index is 12.5. The fraction of sp³-hybridized carbons (Fsp3) is 0.316. The normalized spacial score (nSPS) is 11.0. The third kappa shape index (κ3) is 3.33. The maximum Gasteiger partial charge on any atom is 0.276 e. The van der Waals surface area contributed by atoms with Crippen LogP contribution < -0.4 is 10.9 Å². The van der Waals surface area contributed by atoms with Gasteiger partial charge in [0.05, 0.1) is 0 Å². The Morgan fingerprint density at radius 1 is 1.24 bits per heavy atom. The highest BCUT2D eigenvalue weighted by atomic mass is 16.2. The number of hydrogen-bond donors (Lipinski definition) is 2. The summed E-state index contributed by atoms with van der Waals surface area (Å²) in [5.41, 5.74) is 4.16. The fourth-order valence-electron chi connectivity index (χ4n) is 2.84. The van der Waals surface area contributed by atoms with Gasteiger partial charge in [-0.2, -0.15) is 0 Å². The van der Waals surface area contributed by atoms with Crippen LogP contribution in [-0.4, -0.2) is 20.5 Å². The van der Waals surface area contributed by atoms with Crippen molar-refractivity contribution in [2.24, 2.45) is 0 Å². The van der Waals surface area contributed by atoms with Crippen LogP contribution in [0.1, 0.15) is 46.1 Å². The minimum atomic E-state index is -0.256. The summed E-state index contributed by atoms with van der Waals surface area (Å²) in [7, 11) is 0. The van der Waals surface area contributed by atoms with Gasteiger partial charge in [-0.3, -0.25) is 14.7 Å². The molecule has 2 aromatic heterocycles. The molecule has 0 spiro atoms. The van der Waals surface area contributed by atoms with Crippen molar-refractivity contribution in [2.75, 3.05) is 0 Å². The van der Waals surface area contributed by atoms with Crippen molar-refractivity contribution in [1.82, 2.24) is 19.9 Å². The average Bonchev–Trinajstić information content (AvgIpc) is 3.02. The second-order valence-corrected chi connectivity index (χ2v) is 6.25. The SMILES string of the molecule is CCCc1c(C)nc2c(C(=O)NCc3ccc(C)cc3)c[nH]n2c1=O. The lowest BCUT2D eigenvalue weighted by Gasteiger charge is -2.06. The van der Waals surface area contributed by atoms with Gasteiger partial charge >= 0.3 is 0 Å². The molecule has 1 amide bonds. The number of benzene rings is 1. The highest BCUT2D eigenvalue weighted by Crippen LogP contribution is 2.11. The molecule has 130 valence electrons. The van der Waals surface area contributed by atoms with Gasteiger partial charge in [0.25, 0.3) is 11.5 Å². The number of aromatic nitrogens is 3. The van der Waals surface area contributed by atoms with E-state index in [0.717, 1.165) is 12.0 Å². The van der Waals surface area contributed by atoms with E-state index in [1.165, 1.54) is 16.3 Å². The lowest BCUT2D eigenvalue weighted by molar-refractivity contribution is 0.0952. The molecule has 1 aromatic carbocycles. The standard InChI is InChI=1S/C19H22N4O2/c1-4-5-15-13(3)22-17-16(11-21-23(17)19(15)25)18(24)20-10-14-8-6-12(2)7-9-14/h6-9,11,21H,4-5,10H2,1-3H3,(H,20,24). The molecule has 0 bridgehead atoms. The fourth-order valence-corrected chi connectivity index (χ4v) is 2.84. The van der Waals surface area contributed by atoms with Gasteiger partial charge in [-0.1, -0.05) is 43.2 Å². The van der Waals surface area contributed by atoms with E-state index in [1.54, 1.807) is 0 Å². The summed E-state index contributed by atoms with van der Waals surface area (Å²) in [4.78, 5) is 29.5. The number of fused-ring (bicyclic) bond motifs is 1. The Bertz CT molecular complexity index is 967. The first-order valence-electron chi connectivity index (χ1n) is 8.44. The highest BCUT2D eigenvalue weighted by Gasteiger charge is 2.17. The van der Waals surface area contributed by atoms with Crippen molar-refractivity contribution >= 4 is 11.6 Å². The van der Waals surface area contributed by atoms with Crippen molar-refractivity contribution in [3.8, 4) is 0 Å². The molecule has 0 aliphatic heterocycles. The van der Waals surface area contributed by atoms with E-state index in [4.69, 9.17) is 0 Å². The molecule has 0 saturated heterocycles. The predicted octanol–water partition coefficient (Wildman–Crippen LogP) is 2.52. The van der Waals surface area contributed by atoms with E-state index >= 15 is 0 Å². The van der Waals surface area contributed by atoms with E-state index in [0.29, 0.717) is 35.4 Å². The second kappa shape index (κ2) is 6.93.